The van der Waals surface area contributed by atoms with Crippen molar-refractivity contribution in [1.82, 2.24) is 4.90 Å². The first-order valence-electron chi connectivity index (χ1n) is 8.09. The molecule has 1 aromatic carbocycles. The van der Waals surface area contributed by atoms with E-state index < -0.39 is 0 Å². The molecule has 0 unspecified atom stereocenters. The van der Waals surface area contributed by atoms with Crippen LogP contribution in [-0.4, -0.2) is 22.1 Å². The fourth-order valence-electron chi connectivity index (χ4n) is 3.41. The Kier molecular flexibility index (Phi) is 4.39. The zero-order valence-corrected chi connectivity index (χ0v) is 14.6. The van der Waals surface area contributed by atoms with Crippen LogP contribution in [0.15, 0.2) is 33.5 Å². The minimum atomic E-state index is -0.326. The van der Waals surface area contributed by atoms with E-state index in [1.54, 1.807) is 0 Å². The summed E-state index contributed by atoms with van der Waals surface area (Å²) in [7, 11) is 0. The fraction of sp³-hybridized carbons (Fsp3) is 0.444. The molecule has 0 amide bonds. The molecule has 1 aliphatic heterocycles. The molecular weight excluding hydrogens is 308 g/mol. The van der Waals surface area contributed by atoms with Crippen molar-refractivity contribution in [3.8, 4) is 0 Å². The molecule has 5 heteroatoms. The van der Waals surface area contributed by atoms with Crippen molar-refractivity contribution in [3.05, 3.63) is 40.2 Å². The number of thiocarbonyl (C=S) groups is 1. The summed E-state index contributed by atoms with van der Waals surface area (Å²) in [5.41, 5.74) is 2.03. The zero-order chi connectivity index (χ0) is 16.6. The standard InChI is InChI=1S/C18H22N2O2S/c1-11-9-17(21)22-16-10-14(7-8-15(11)16)19-18(23)20-12(2)5-4-6-13(20)3/h7-10,12-13H,4-6H2,1-3H3,(H,19,23)/t12-,13-/m0/s1. The normalized spacial score (nSPS) is 21.4. The first-order chi connectivity index (χ1) is 11.0. The Hall–Kier alpha value is -1.88. The van der Waals surface area contributed by atoms with E-state index in [0.29, 0.717) is 17.7 Å². The van der Waals surface area contributed by atoms with Crippen LogP contribution in [0.3, 0.4) is 0 Å². The molecule has 2 aromatic rings. The van der Waals surface area contributed by atoms with Crippen LogP contribution in [0.25, 0.3) is 11.0 Å². The molecule has 1 saturated heterocycles. The van der Waals surface area contributed by atoms with Crippen molar-refractivity contribution in [2.75, 3.05) is 5.32 Å². The molecule has 2 atom stereocenters. The van der Waals surface area contributed by atoms with Crippen LogP contribution in [0, 0.1) is 6.92 Å². The summed E-state index contributed by atoms with van der Waals surface area (Å²) in [6, 6.07) is 8.17. The van der Waals surface area contributed by atoms with E-state index in [1.165, 1.54) is 12.5 Å². The SMILES string of the molecule is Cc1cc(=O)oc2cc(NC(=S)N3[C@@H](C)CCC[C@@H]3C)ccc12. The average Bonchev–Trinajstić information content (AvgIpc) is 2.46. The third-order valence-electron chi connectivity index (χ3n) is 4.63. The maximum Gasteiger partial charge on any atom is 0.336 e. The summed E-state index contributed by atoms with van der Waals surface area (Å²) in [4.78, 5) is 13.8. The van der Waals surface area contributed by atoms with E-state index in [9.17, 15) is 4.79 Å². The maximum atomic E-state index is 11.5. The summed E-state index contributed by atoms with van der Waals surface area (Å²) in [5.74, 6) is 0. The number of rotatable bonds is 1. The van der Waals surface area contributed by atoms with Crippen LogP contribution >= 0.6 is 12.2 Å². The topological polar surface area (TPSA) is 45.5 Å². The maximum absolute atomic E-state index is 11.5. The number of hydrogen-bond donors (Lipinski definition) is 1. The Morgan fingerprint density at radius 3 is 2.65 bits per heavy atom. The first kappa shape index (κ1) is 16.0. The molecule has 1 aromatic heterocycles. The van der Waals surface area contributed by atoms with Gasteiger partial charge in [-0.2, -0.15) is 0 Å². The Morgan fingerprint density at radius 2 is 1.96 bits per heavy atom. The molecule has 0 saturated carbocycles. The Morgan fingerprint density at radius 1 is 1.26 bits per heavy atom. The molecular formula is C18H22N2O2S. The highest BCUT2D eigenvalue weighted by Crippen LogP contribution is 2.25. The van der Waals surface area contributed by atoms with Gasteiger partial charge in [-0.1, -0.05) is 0 Å². The van der Waals surface area contributed by atoms with Gasteiger partial charge in [-0.15, -0.1) is 0 Å². The summed E-state index contributed by atoms with van der Waals surface area (Å²) in [6.07, 6.45) is 3.58. The molecule has 122 valence electrons. The van der Waals surface area contributed by atoms with Gasteiger partial charge >= 0.3 is 5.63 Å². The van der Waals surface area contributed by atoms with Gasteiger partial charge in [0.05, 0.1) is 0 Å². The summed E-state index contributed by atoms with van der Waals surface area (Å²) in [5, 5.41) is 4.98. The summed E-state index contributed by atoms with van der Waals surface area (Å²) >= 11 is 5.61. The lowest BCUT2D eigenvalue weighted by molar-refractivity contribution is 0.194. The molecule has 3 rings (SSSR count). The van der Waals surface area contributed by atoms with Gasteiger partial charge in [-0.3, -0.25) is 0 Å². The second-order valence-corrected chi connectivity index (χ2v) is 6.81. The van der Waals surface area contributed by atoms with Gasteiger partial charge in [0.15, 0.2) is 5.11 Å². The van der Waals surface area contributed by atoms with E-state index in [4.69, 9.17) is 16.6 Å². The van der Waals surface area contributed by atoms with E-state index in [2.05, 4.69) is 24.1 Å². The summed E-state index contributed by atoms with van der Waals surface area (Å²) in [6.45, 7) is 6.34. The van der Waals surface area contributed by atoms with Crippen molar-refractivity contribution < 1.29 is 4.42 Å². The molecule has 1 N–H and O–H groups in total. The highest BCUT2D eigenvalue weighted by Gasteiger charge is 2.26. The second kappa shape index (κ2) is 6.32. The molecule has 2 heterocycles. The molecule has 0 spiro atoms. The number of benzene rings is 1. The van der Waals surface area contributed by atoms with Crippen LogP contribution in [0.4, 0.5) is 5.69 Å². The van der Waals surface area contributed by atoms with Crippen molar-refractivity contribution in [1.29, 1.82) is 0 Å². The highest BCUT2D eigenvalue weighted by atomic mass is 32.1. The Balaban J connectivity index is 1.86. The Labute approximate surface area is 141 Å². The predicted molar refractivity (Wildman–Crippen MR) is 98.1 cm³/mol. The quantitative estimate of drug-likeness (QED) is 0.631. The minimum Gasteiger partial charge on any atom is -0.423 e. The summed E-state index contributed by atoms with van der Waals surface area (Å²) < 4.78 is 5.30. The van der Waals surface area contributed by atoms with Gasteiger partial charge in [0, 0.05) is 35.3 Å². The van der Waals surface area contributed by atoms with Gasteiger partial charge in [0.25, 0.3) is 0 Å². The monoisotopic (exact) mass is 330 g/mol. The number of nitrogens with zero attached hydrogens (tertiary/aromatic N) is 1. The van der Waals surface area contributed by atoms with Gasteiger partial charge in [0.2, 0.25) is 0 Å². The Bertz CT molecular complexity index is 789. The van der Waals surface area contributed by atoms with Crippen LogP contribution in [0.2, 0.25) is 0 Å². The van der Waals surface area contributed by atoms with Gasteiger partial charge < -0.3 is 14.6 Å². The lowest BCUT2D eigenvalue weighted by Gasteiger charge is -2.40. The lowest BCUT2D eigenvalue weighted by Crippen LogP contribution is -2.49. The molecule has 1 aliphatic rings. The molecule has 0 bridgehead atoms. The van der Waals surface area contributed by atoms with Gasteiger partial charge in [0.1, 0.15) is 5.58 Å². The number of anilines is 1. The van der Waals surface area contributed by atoms with E-state index in [0.717, 1.165) is 34.6 Å². The number of aryl methyl sites for hydroxylation is 1. The van der Waals surface area contributed by atoms with E-state index >= 15 is 0 Å². The molecule has 1 fully saturated rings. The first-order valence-corrected chi connectivity index (χ1v) is 8.50. The van der Waals surface area contributed by atoms with Crippen LogP contribution in [0.5, 0.6) is 0 Å². The van der Waals surface area contributed by atoms with Crippen molar-refractivity contribution in [2.45, 2.75) is 52.1 Å². The number of piperidine rings is 1. The number of nitrogens with one attached hydrogen (secondary N) is 1. The number of likely N-dealkylation sites (tertiary alicyclic amines) is 1. The molecule has 0 aliphatic carbocycles. The second-order valence-electron chi connectivity index (χ2n) is 6.43. The van der Waals surface area contributed by atoms with Gasteiger partial charge in [-0.25, -0.2) is 4.79 Å². The van der Waals surface area contributed by atoms with Crippen molar-refractivity contribution >= 4 is 34.0 Å². The van der Waals surface area contributed by atoms with E-state index in [-0.39, 0.29) is 5.63 Å². The lowest BCUT2D eigenvalue weighted by atomic mass is 9.98. The number of fused-ring (bicyclic) bond motifs is 1. The smallest absolute Gasteiger partial charge is 0.336 e. The number of hydrogen-bond acceptors (Lipinski definition) is 3. The predicted octanol–water partition coefficient (Wildman–Crippen LogP) is 4.06. The van der Waals surface area contributed by atoms with Crippen LogP contribution in [0.1, 0.15) is 38.7 Å². The van der Waals surface area contributed by atoms with Crippen molar-refractivity contribution in [2.24, 2.45) is 0 Å². The molecule has 23 heavy (non-hydrogen) atoms. The molecule has 4 nitrogen and oxygen atoms in total. The minimum absolute atomic E-state index is 0.326. The zero-order valence-electron chi connectivity index (χ0n) is 13.8. The van der Waals surface area contributed by atoms with E-state index in [1.807, 2.05) is 25.1 Å². The van der Waals surface area contributed by atoms with Crippen LogP contribution < -0.4 is 10.9 Å². The average molecular weight is 330 g/mol. The third-order valence-corrected chi connectivity index (χ3v) is 4.94. The third kappa shape index (κ3) is 3.24. The molecule has 0 radical (unpaired) electrons. The van der Waals surface area contributed by atoms with Gasteiger partial charge in [-0.05, 0) is 69.9 Å². The fourth-order valence-corrected chi connectivity index (χ4v) is 3.89. The highest BCUT2D eigenvalue weighted by molar-refractivity contribution is 7.80. The van der Waals surface area contributed by atoms with Crippen molar-refractivity contribution in [3.63, 3.8) is 0 Å². The van der Waals surface area contributed by atoms with Crippen LogP contribution in [-0.2, 0) is 0 Å². The largest absolute Gasteiger partial charge is 0.423 e.